The van der Waals surface area contributed by atoms with Crippen LogP contribution in [-0.4, -0.2) is 70.1 Å². The minimum atomic E-state index is -3.20. The molecule has 1 aromatic rings. The van der Waals surface area contributed by atoms with E-state index in [-0.39, 0.29) is 36.2 Å². The smallest absolute Gasteiger partial charge is 0.197 e. The molecule has 0 aromatic heterocycles. The lowest BCUT2D eigenvalue weighted by atomic mass is 10.3. The molecule has 0 heterocycles. The Hall–Kier alpha value is -0.700. The van der Waals surface area contributed by atoms with Crippen LogP contribution in [0.4, 0.5) is 5.69 Å². The van der Waals surface area contributed by atoms with Crippen LogP contribution in [0.3, 0.4) is 0 Å². The zero-order valence-electron chi connectivity index (χ0n) is 16.4. The van der Waals surface area contributed by atoms with E-state index in [1.807, 2.05) is 30.3 Å². The molecule has 0 bridgehead atoms. The third kappa shape index (κ3) is 19.7. The van der Waals surface area contributed by atoms with Crippen molar-refractivity contribution in [1.82, 2.24) is 0 Å². The molecule has 0 spiro atoms. The first-order chi connectivity index (χ1) is 14.8. The summed E-state index contributed by atoms with van der Waals surface area (Å²) in [7, 11) is -6.20. The highest BCUT2D eigenvalue weighted by atomic mass is 32.2. The predicted molar refractivity (Wildman–Crippen MR) is 115 cm³/mol. The first-order valence-corrected chi connectivity index (χ1v) is 13.5. The zero-order valence-corrected chi connectivity index (χ0v) is 19.7. The summed E-state index contributed by atoms with van der Waals surface area (Å²) >= 11 is 0.730. The molecule has 0 amide bonds. The van der Waals surface area contributed by atoms with Crippen LogP contribution in [0, 0.1) is 0 Å². The fourth-order valence-electron chi connectivity index (χ4n) is 1.61. The van der Waals surface area contributed by atoms with Crippen molar-refractivity contribution in [3.05, 3.63) is 30.3 Å². The number of para-hydroxylation sites is 1. The number of sulfone groups is 2. The Labute approximate surface area is 189 Å². The van der Waals surface area contributed by atoms with Gasteiger partial charge in [-0.1, -0.05) is 35.2 Å². The van der Waals surface area contributed by atoms with Crippen LogP contribution >= 0.6 is 24.6 Å². The number of nitrogens with one attached hydrogen (secondary N) is 1. The van der Waals surface area contributed by atoms with Gasteiger partial charge in [-0.3, -0.25) is 8.37 Å². The van der Waals surface area contributed by atoms with Crippen molar-refractivity contribution >= 4 is 50.0 Å². The molecule has 3 N–H and O–H groups in total. The second-order valence-electron chi connectivity index (χ2n) is 5.25. The molecule has 0 fully saturated rings. The molecule has 0 aliphatic heterocycles. The lowest BCUT2D eigenvalue weighted by Gasteiger charge is -2.07. The van der Waals surface area contributed by atoms with E-state index in [2.05, 4.69) is 32.4 Å². The molecule has 0 saturated carbocycles. The van der Waals surface area contributed by atoms with Crippen molar-refractivity contribution in [3.63, 3.8) is 0 Å². The number of benzene rings is 1. The van der Waals surface area contributed by atoms with Crippen LogP contribution in [0.25, 0.3) is 0 Å². The van der Waals surface area contributed by atoms with Crippen LogP contribution in [0.15, 0.2) is 30.3 Å². The molecular weight excluding hydrogens is 502 g/mol. The summed E-state index contributed by atoms with van der Waals surface area (Å²) in [6, 6.07) is 9.34. The summed E-state index contributed by atoms with van der Waals surface area (Å²) in [5.74, 6) is -0.123. The van der Waals surface area contributed by atoms with Gasteiger partial charge in [0, 0.05) is 18.0 Å². The largest absolute Gasteiger partial charge is 0.384 e. The van der Waals surface area contributed by atoms with Crippen LogP contribution in [0.1, 0.15) is 6.92 Å². The normalized spacial score (nSPS) is 11.6. The molecule has 0 aliphatic rings. The fraction of sp³-hybridized carbons (Fsp3) is 0.571. The minimum absolute atomic E-state index is 0.00722. The Balaban J connectivity index is 0.000000649. The lowest BCUT2D eigenvalue weighted by Crippen LogP contribution is -2.20. The van der Waals surface area contributed by atoms with Crippen LogP contribution in [0.2, 0.25) is 0 Å². The van der Waals surface area contributed by atoms with Gasteiger partial charge < -0.3 is 5.32 Å². The highest BCUT2D eigenvalue weighted by Gasteiger charge is 2.10. The van der Waals surface area contributed by atoms with Gasteiger partial charge in [-0.25, -0.2) is 27.4 Å². The van der Waals surface area contributed by atoms with Crippen molar-refractivity contribution < 1.29 is 54.5 Å². The lowest BCUT2D eigenvalue weighted by molar-refractivity contribution is -0.434. The third-order valence-corrected chi connectivity index (χ3v) is 7.17. The quantitative estimate of drug-likeness (QED) is 0.116. The van der Waals surface area contributed by atoms with Crippen molar-refractivity contribution in [2.45, 2.75) is 6.92 Å². The van der Waals surface area contributed by atoms with Crippen molar-refractivity contribution in [1.29, 1.82) is 0 Å². The van der Waals surface area contributed by atoms with Crippen molar-refractivity contribution in [3.8, 4) is 0 Å². The third-order valence-electron chi connectivity index (χ3n) is 3.12. The van der Waals surface area contributed by atoms with E-state index in [1.165, 1.54) is 0 Å². The maximum Gasteiger partial charge on any atom is 0.197 e. The highest BCUT2D eigenvalue weighted by molar-refractivity contribution is 7.92. The molecule has 0 aliphatic carbocycles. The monoisotopic (exact) mass is 527 g/mol. The standard InChI is InChI=1S/C10H15NO6S2.C4H10O6S2/c12-16-17-18-15-7-9-19(13,14)8-6-11-10-4-2-1-3-5-10;1-2-12(6,7)4-3-8-11-10-9-5/h1-5,11-12H,6-9H2;5H,2-4H2,1H3. The Kier molecular flexibility index (Phi) is 18.4. The molecule has 17 heteroatoms. The van der Waals surface area contributed by atoms with E-state index in [9.17, 15) is 16.8 Å². The molecule has 0 radical (unpaired) electrons. The topological polar surface area (TPSA) is 176 Å². The summed E-state index contributed by atoms with van der Waals surface area (Å²) in [4.78, 5) is 0. The van der Waals surface area contributed by atoms with Gasteiger partial charge in [0.2, 0.25) is 0 Å². The van der Waals surface area contributed by atoms with E-state index in [4.69, 9.17) is 10.5 Å². The van der Waals surface area contributed by atoms with Gasteiger partial charge in [-0.15, -0.1) is 8.67 Å². The SMILES string of the molecule is CCS(=O)(=O)CCOSOOO.O=S(=O)(CCNc1ccccc1)CCOSOOO. The first kappa shape index (κ1) is 30.3. The van der Waals surface area contributed by atoms with Crippen LogP contribution in [0.5, 0.6) is 0 Å². The summed E-state index contributed by atoms with van der Waals surface area (Å²) in [5, 5.41) is 24.9. The summed E-state index contributed by atoms with van der Waals surface area (Å²) in [6.45, 7) is 1.82. The Morgan fingerprint density at radius 1 is 0.839 bits per heavy atom. The van der Waals surface area contributed by atoms with Crippen molar-refractivity contribution in [2.24, 2.45) is 0 Å². The first-order valence-electron chi connectivity index (χ1n) is 8.49. The number of hydrogen-bond donors (Lipinski definition) is 3. The van der Waals surface area contributed by atoms with E-state index >= 15 is 0 Å². The average Bonchev–Trinajstić information content (AvgIpc) is 2.74. The molecule has 0 saturated heterocycles. The van der Waals surface area contributed by atoms with Gasteiger partial charge in [0.25, 0.3) is 0 Å². The molecule has 1 rings (SSSR count). The maximum atomic E-state index is 11.6. The van der Waals surface area contributed by atoms with E-state index in [0.717, 1.165) is 5.69 Å². The molecule has 182 valence electrons. The minimum Gasteiger partial charge on any atom is -0.384 e. The van der Waals surface area contributed by atoms with E-state index < -0.39 is 19.7 Å². The zero-order chi connectivity index (χ0) is 23.4. The number of rotatable bonds is 17. The Morgan fingerprint density at radius 3 is 1.84 bits per heavy atom. The maximum absolute atomic E-state index is 11.6. The number of hydrogen-bond acceptors (Lipinski definition) is 15. The van der Waals surface area contributed by atoms with Crippen LogP contribution < -0.4 is 5.32 Å². The molecule has 1 aromatic carbocycles. The molecule has 31 heavy (non-hydrogen) atoms. The van der Waals surface area contributed by atoms with E-state index in [0.29, 0.717) is 31.2 Å². The Morgan fingerprint density at radius 2 is 1.35 bits per heavy atom. The average molecular weight is 528 g/mol. The second-order valence-corrected chi connectivity index (χ2v) is 11.0. The van der Waals surface area contributed by atoms with Gasteiger partial charge >= 0.3 is 0 Å². The van der Waals surface area contributed by atoms with Gasteiger partial charge in [0.05, 0.1) is 30.5 Å². The van der Waals surface area contributed by atoms with E-state index in [1.54, 1.807) is 6.92 Å². The highest BCUT2D eigenvalue weighted by Crippen LogP contribution is 2.06. The molecule has 13 nitrogen and oxygen atoms in total. The summed E-state index contributed by atoms with van der Waals surface area (Å²) < 4.78 is 61.8. The van der Waals surface area contributed by atoms with Gasteiger partial charge in [-0.2, -0.15) is 0 Å². The molecule has 0 unspecified atom stereocenters. The van der Waals surface area contributed by atoms with Crippen LogP contribution in [-0.2, 0) is 46.8 Å². The molecular formula is C14H25NO12S4. The van der Waals surface area contributed by atoms with Gasteiger partial charge in [0.15, 0.2) is 44.3 Å². The van der Waals surface area contributed by atoms with Gasteiger partial charge in [0.1, 0.15) is 0 Å². The second kappa shape index (κ2) is 18.8. The fourth-order valence-corrected chi connectivity index (χ4v) is 3.83. The Bertz CT molecular complexity index is 748. The predicted octanol–water partition coefficient (Wildman–Crippen LogP) is 1.94. The summed E-state index contributed by atoms with van der Waals surface area (Å²) in [5.41, 5.74) is 0.873. The molecule has 0 atom stereocenters. The van der Waals surface area contributed by atoms with Gasteiger partial charge in [-0.05, 0) is 12.1 Å². The number of anilines is 1. The summed E-state index contributed by atoms with van der Waals surface area (Å²) in [6.07, 6.45) is 0. The van der Waals surface area contributed by atoms with Crippen molar-refractivity contribution in [2.75, 3.05) is 48.1 Å².